The van der Waals surface area contributed by atoms with Crippen molar-refractivity contribution in [2.24, 2.45) is 0 Å². The number of hydrogen-bond acceptors (Lipinski definition) is 3. The largest absolute Gasteiger partial charge is 0.390 e. The van der Waals surface area contributed by atoms with E-state index < -0.39 is 0 Å². The molecule has 1 fully saturated rings. The first kappa shape index (κ1) is 9.96. The predicted octanol–water partition coefficient (Wildman–Crippen LogP) is 0.524. The maximum absolute atomic E-state index is 9.46. The van der Waals surface area contributed by atoms with Crippen LogP contribution in [0.5, 0.6) is 0 Å². The second-order valence-corrected chi connectivity index (χ2v) is 3.54. The van der Waals surface area contributed by atoms with Crippen LogP contribution in [0.4, 0.5) is 0 Å². The van der Waals surface area contributed by atoms with E-state index >= 15 is 0 Å². The normalized spacial score (nSPS) is 32.2. The lowest BCUT2D eigenvalue weighted by molar-refractivity contribution is -0.0534. The van der Waals surface area contributed by atoms with Gasteiger partial charge in [0.1, 0.15) is 0 Å². The topological polar surface area (TPSA) is 41.5 Å². The third-order valence-corrected chi connectivity index (χ3v) is 2.32. The van der Waals surface area contributed by atoms with E-state index in [-0.39, 0.29) is 18.3 Å². The molecule has 2 N–H and O–H groups in total. The molecule has 12 heavy (non-hydrogen) atoms. The lowest BCUT2D eigenvalue weighted by Gasteiger charge is -2.20. The summed E-state index contributed by atoms with van der Waals surface area (Å²) in [4.78, 5) is 0. The predicted molar refractivity (Wildman–Crippen MR) is 48.1 cm³/mol. The first-order valence-electron chi connectivity index (χ1n) is 4.72. The van der Waals surface area contributed by atoms with Gasteiger partial charge in [0.25, 0.3) is 0 Å². The maximum atomic E-state index is 9.46. The van der Waals surface area contributed by atoms with E-state index in [4.69, 9.17) is 4.74 Å². The van der Waals surface area contributed by atoms with Gasteiger partial charge in [-0.2, -0.15) is 0 Å². The lowest BCUT2D eigenvalue weighted by atomic mass is 10.2. The Bertz CT molecular complexity index is 130. The Kier molecular flexibility index (Phi) is 3.98. The minimum atomic E-state index is -0.232. The Morgan fingerprint density at radius 2 is 2.33 bits per heavy atom. The van der Waals surface area contributed by atoms with Crippen LogP contribution in [0.3, 0.4) is 0 Å². The summed E-state index contributed by atoms with van der Waals surface area (Å²) in [6.07, 6.45) is 3.05. The highest BCUT2D eigenvalue weighted by molar-refractivity contribution is 4.78. The van der Waals surface area contributed by atoms with Gasteiger partial charge in [-0.3, -0.25) is 0 Å². The molecule has 1 saturated carbocycles. The van der Waals surface area contributed by atoms with Crippen LogP contribution in [-0.4, -0.2) is 37.0 Å². The summed E-state index contributed by atoms with van der Waals surface area (Å²) in [5.41, 5.74) is 0. The van der Waals surface area contributed by atoms with E-state index in [1.165, 1.54) is 0 Å². The smallest absolute Gasteiger partial charge is 0.0838 e. The van der Waals surface area contributed by atoms with Gasteiger partial charge in [0.2, 0.25) is 0 Å². The molecule has 3 unspecified atom stereocenters. The summed E-state index contributed by atoms with van der Waals surface area (Å²) < 4.78 is 5.65. The Morgan fingerprint density at radius 3 is 2.83 bits per heavy atom. The van der Waals surface area contributed by atoms with Crippen LogP contribution in [0, 0.1) is 0 Å². The molecule has 72 valence electrons. The van der Waals surface area contributed by atoms with Crippen molar-refractivity contribution in [2.75, 3.05) is 13.6 Å². The van der Waals surface area contributed by atoms with Crippen LogP contribution in [0.1, 0.15) is 26.2 Å². The maximum Gasteiger partial charge on any atom is 0.0838 e. The van der Waals surface area contributed by atoms with Gasteiger partial charge in [0.05, 0.1) is 18.3 Å². The van der Waals surface area contributed by atoms with Gasteiger partial charge in [0.15, 0.2) is 0 Å². The molecule has 1 aliphatic rings. The van der Waals surface area contributed by atoms with E-state index in [2.05, 4.69) is 5.32 Å². The molecule has 0 saturated heterocycles. The summed E-state index contributed by atoms with van der Waals surface area (Å²) >= 11 is 0. The fourth-order valence-corrected chi connectivity index (χ4v) is 1.70. The summed E-state index contributed by atoms with van der Waals surface area (Å²) in [7, 11) is 1.91. The van der Waals surface area contributed by atoms with Crippen LogP contribution in [0.2, 0.25) is 0 Å². The van der Waals surface area contributed by atoms with Gasteiger partial charge in [-0.15, -0.1) is 0 Å². The zero-order chi connectivity index (χ0) is 8.97. The number of hydrogen-bond donors (Lipinski definition) is 2. The summed E-state index contributed by atoms with van der Waals surface area (Å²) in [6, 6.07) is 0. The number of aliphatic hydroxyl groups is 1. The van der Waals surface area contributed by atoms with Crippen LogP contribution in [0.15, 0.2) is 0 Å². The highest BCUT2D eigenvalue weighted by Gasteiger charge is 2.27. The number of rotatable bonds is 4. The van der Waals surface area contributed by atoms with E-state index in [1.807, 2.05) is 14.0 Å². The fraction of sp³-hybridized carbons (Fsp3) is 1.00. The molecular formula is C9H19NO2. The Balaban J connectivity index is 2.20. The third-order valence-electron chi connectivity index (χ3n) is 2.32. The van der Waals surface area contributed by atoms with Gasteiger partial charge in [0, 0.05) is 6.54 Å². The SMILES string of the molecule is CNCC(C)OC1CCCC1O. The van der Waals surface area contributed by atoms with Crippen molar-refractivity contribution in [1.82, 2.24) is 5.32 Å². The molecule has 0 radical (unpaired) electrons. The zero-order valence-corrected chi connectivity index (χ0v) is 7.92. The van der Waals surface area contributed by atoms with Crippen molar-refractivity contribution in [1.29, 1.82) is 0 Å². The average Bonchev–Trinajstić information content (AvgIpc) is 2.37. The molecule has 3 heteroatoms. The third kappa shape index (κ3) is 2.73. The molecule has 1 aliphatic carbocycles. The standard InChI is InChI=1S/C9H19NO2/c1-7(6-10-2)12-9-5-3-4-8(9)11/h7-11H,3-6H2,1-2H3. The highest BCUT2D eigenvalue weighted by Crippen LogP contribution is 2.22. The lowest BCUT2D eigenvalue weighted by Crippen LogP contribution is -2.32. The molecule has 0 spiro atoms. The monoisotopic (exact) mass is 173 g/mol. The Morgan fingerprint density at radius 1 is 1.58 bits per heavy atom. The summed E-state index contributed by atoms with van der Waals surface area (Å²) in [5, 5.41) is 12.5. The fourth-order valence-electron chi connectivity index (χ4n) is 1.70. The van der Waals surface area contributed by atoms with Crippen molar-refractivity contribution in [3.05, 3.63) is 0 Å². The van der Waals surface area contributed by atoms with E-state index in [0.29, 0.717) is 0 Å². The number of nitrogens with one attached hydrogen (secondary N) is 1. The van der Waals surface area contributed by atoms with Crippen molar-refractivity contribution in [3.63, 3.8) is 0 Å². The molecule has 0 aliphatic heterocycles. The second-order valence-electron chi connectivity index (χ2n) is 3.54. The van der Waals surface area contributed by atoms with Gasteiger partial charge in [-0.25, -0.2) is 0 Å². The molecular weight excluding hydrogens is 154 g/mol. The number of ether oxygens (including phenoxy) is 1. The van der Waals surface area contributed by atoms with Crippen molar-refractivity contribution in [3.8, 4) is 0 Å². The summed E-state index contributed by atoms with van der Waals surface area (Å²) in [5.74, 6) is 0. The quantitative estimate of drug-likeness (QED) is 0.651. The van der Waals surface area contributed by atoms with Gasteiger partial charge >= 0.3 is 0 Å². The zero-order valence-electron chi connectivity index (χ0n) is 7.92. The number of likely N-dealkylation sites (N-methyl/N-ethyl adjacent to an activating group) is 1. The van der Waals surface area contributed by atoms with Crippen molar-refractivity contribution >= 4 is 0 Å². The van der Waals surface area contributed by atoms with Crippen LogP contribution in [-0.2, 0) is 4.74 Å². The van der Waals surface area contributed by atoms with Crippen molar-refractivity contribution in [2.45, 2.75) is 44.5 Å². The molecule has 3 nitrogen and oxygen atoms in total. The number of aliphatic hydroxyl groups excluding tert-OH is 1. The first-order chi connectivity index (χ1) is 5.74. The Labute approximate surface area is 74.1 Å². The summed E-state index contributed by atoms with van der Waals surface area (Å²) in [6.45, 7) is 2.88. The molecule has 0 heterocycles. The van der Waals surface area contributed by atoms with Crippen LogP contribution < -0.4 is 5.32 Å². The van der Waals surface area contributed by atoms with Gasteiger partial charge in [-0.05, 0) is 33.2 Å². The molecule has 0 amide bonds. The van der Waals surface area contributed by atoms with E-state index in [0.717, 1.165) is 25.8 Å². The average molecular weight is 173 g/mol. The molecule has 0 aromatic heterocycles. The van der Waals surface area contributed by atoms with E-state index in [1.54, 1.807) is 0 Å². The molecule has 3 atom stereocenters. The second kappa shape index (κ2) is 4.80. The minimum Gasteiger partial charge on any atom is -0.390 e. The van der Waals surface area contributed by atoms with E-state index in [9.17, 15) is 5.11 Å². The molecule has 1 rings (SSSR count). The van der Waals surface area contributed by atoms with Crippen molar-refractivity contribution < 1.29 is 9.84 Å². The molecule has 0 bridgehead atoms. The minimum absolute atomic E-state index is 0.0772. The van der Waals surface area contributed by atoms with Crippen LogP contribution in [0.25, 0.3) is 0 Å². The molecule has 0 aromatic rings. The van der Waals surface area contributed by atoms with Gasteiger partial charge < -0.3 is 15.2 Å². The van der Waals surface area contributed by atoms with Gasteiger partial charge in [-0.1, -0.05) is 0 Å². The van der Waals surface area contributed by atoms with Crippen LogP contribution >= 0.6 is 0 Å². The highest BCUT2D eigenvalue weighted by atomic mass is 16.5. The Hall–Kier alpha value is -0.120. The first-order valence-corrected chi connectivity index (χ1v) is 4.72. The molecule has 0 aromatic carbocycles.